The fourth-order valence-electron chi connectivity index (χ4n) is 2.29. The smallest absolute Gasteiger partial charge is 0.0879 e. The fraction of sp³-hybridized carbons (Fsp3) is 0.667. The standard InChI is InChI=1S/C18H30O/c1-3-5-7-8-9-10-11-12-14-16-18-17(19-18)15-13-6-4-2/h4,6,12-14,17-18H,2-3,5,7-11,15-16H2,1H3. The molecule has 108 valence electrons. The molecular weight excluding hydrogens is 232 g/mol. The molecule has 0 aliphatic carbocycles. The zero-order valence-corrected chi connectivity index (χ0v) is 12.5. The van der Waals surface area contributed by atoms with Gasteiger partial charge in [0.05, 0.1) is 12.2 Å². The lowest BCUT2D eigenvalue weighted by molar-refractivity contribution is 0.372. The molecule has 1 heterocycles. The van der Waals surface area contributed by atoms with Crippen molar-refractivity contribution in [2.24, 2.45) is 0 Å². The van der Waals surface area contributed by atoms with Gasteiger partial charge < -0.3 is 4.74 Å². The molecule has 0 amide bonds. The van der Waals surface area contributed by atoms with E-state index < -0.39 is 0 Å². The van der Waals surface area contributed by atoms with E-state index >= 15 is 0 Å². The van der Waals surface area contributed by atoms with Gasteiger partial charge in [-0.25, -0.2) is 0 Å². The third-order valence-corrected chi connectivity index (χ3v) is 3.59. The Kier molecular flexibility index (Phi) is 9.44. The van der Waals surface area contributed by atoms with Crippen LogP contribution in [0.4, 0.5) is 0 Å². The minimum atomic E-state index is 0.454. The van der Waals surface area contributed by atoms with Gasteiger partial charge in [0.2, 0.25) is 0 Å². The van der Waals surface area contributed by atoms with Crippen LogP contribution in [0.15, 0.2) is 37.0 Å². The van der Waals surface area contributed by atoms with Crippen molar-refractivity contribution in [3.8, 4) is 0 Å². The van der Waals surface area contributed by atoms with E-state index in [1.807, 2.05) is 12.2 Å². The first-order valence-electron chi connectivity index (χ1n) is 7.96. The summed E-state index contributed by atoms with van der Waals surface area (Å²) < 4.78 is 5.60. The predicted octanol–water partition coefficient (Wildman–Crippen LogP) is 5.58. The lowest BCUT2D eigenvalue weighted by Gasteiger charge is -1.97. The maximum atomic E-state index is 5.60. The second-order valence-corrected chi connectivity index (χ2v) is 5.38. The number of allylic oxidation sites excluding steroid dienone is 3. The molecule has 0 aromatic heterocycles. The Bertz CT molecular complexity index is 277. The van der Waals surface area contributed by atoms with Crippen LogP contribution in [-0.4, -0.2) is 12.2 Å². The quantitative estimate of drug-likeness (QED) is 0.193. The van der Waals surface area contributed by atoms with Crippen LogP contribution >= 0.6 is 0 Å². The molecule has 1 nitrogen and oxygen atoms in total. The van der Waals surface area contributed by atoms with Crippen LogP contribution in [0.2, 0.25) is 0 Å². The Labute approximate surface area is 119 Å². The Hall–Kier alpha value is -0.820. The van der Waals surface area contributed by atoms with Gasteiger partial charge in [-0.15, -0.1) is 0 Å². The summed E-state index contributed by atoms with van der Waals surface area (Å²) in [6.45, 7) is 5.93. The van der Waals surface area contributed by atoms with Crippen LogP contribution in [0.25, 0.3) is 0 Å². The number of ether oxygens (including phenoxy) is 1. The molecule has 1 fully saturated rings. The maximum absolute atomic E-state index is 5.60. The van der Waals surface area contributed by atoms with Crippen molar-refractivity contribution in [3.05, 3.63) is 37.0 Å². The van der Waals surface area contributed by atoms with Crippen LogP contribution in [0, 0.1) is 0 Å². The number of hydrogen-bond acceptors (Lipinski definition) is 1. The summed E-state index contributed by atoms with van der Waals surface area (Å²) in [4.78, 5) is 0. The molecule has 1 saturated heterocycles. The van der Waals surface area contributed by atoms with Crippen molar-refractivity contribution in [2.75, 3.05) is 0 Å². The van der Waals surface area contributed by atoms with E-state index in [4.69, 9.17) is 4.74 Å². The molecule has 2 atom stereocenters. The summed E-state index contributed by atoms with van der Waals surface area (Å²) in [5.41, 5.74) is 0. The third-order valence-electron chi connectivity index (χ3n) is 3.59. The van der Waals surface area contributed by atoms with Gasteiger partial charge in [0.15, 0.2) is 0 Å². The lowest BCUT2D eigenvalue weighted by atomic mass is 10.1. The molecule has 0 aromatic carbocycles. The SMILES string of the molecule is C=CC=CCC1OC1CC=CCCCCCCCC. The first-order valence-corrected chi connectivity index (χ1v) is 7.96. The molecule has 1 aliphatic heterocycles. The molecule has 1 heteroatoms. The van der Waals surface area contributed by atoms with Crippen LogP contribution in [-0.2, 0) is 4.74 Å². The Morgan fingerprint density at radius 1 is 0.895 bits per heavy atom. The lowest BCUT2D eigenvalue weighted by Crippen LogP contribution is -1.90. The summed E-state index contributed by atoms with van der Waals surface area (Å²) in [5, 5.41) is 0. The Morgan fingerprint density at radius 2 is 1.58 bits per heavy atom. The van der Waals surface area contributed by atoms with E-state index in [0.29, 0.717) is 12.2 Å². The first kappa shape index (κ1) is 16.2. The van der Waals surface area contributed by atoms with E-state index in [9.17, 15) is 0 Å². The number of hydrogen-bond donors (Lipinski definition) is 0. The van der Waals surface area contributed by atoms with E-state index in [2.05, 4.69) is 31.7 Å². The summed E-state index contributed by atoms with van der Waals surface area (Å²) in [7, 11) is 0. The van der Waals surface area contributed by atoms with E-state index in [0.717, 1.165) is 12.8 Å². The maximum Gasteiger partial charge on any atom is 0.0879 e. The molecule has 0 saturated carbocycles. The highest BCUT2D eigenvalue weighted by molar-refractivity contribution is 5.02. The van der Waals surface area contributed by atoms with Crippen molar-refractivity contribution in [1.82, 2.24) is 0 Å². The van der Waals surface area contributed by atoms with Gasteiger partial charge in [0.25, 0.3) is 0 Å². The van der Waals surface area contributed by atoms with Crippen molar-refractivity contribution < 1.29 is 4.74 Å². The largest absolute Gasteiger partial charge is 0.369 e. The van der Waals surface area contributed by atoms with Crippen molar-refractivity contribution in [3.63, 3.8) is 0 Å². The minimum absolute atomic E-state index is 0.454. The van der Waals surface area contributed by atoms with E-state index in [1.165, 1.54) is 44.9 Å². The molecule has 1 rings (SSSR count). The van der Waals surface area contributed by atoms with Gasteiger partial charge in [0, 0.05) is 0 Å². The van der Waals surface area contributed by atoms with Crippen LogP contribution < -0.4 is 0 Å². The van der Waals surface area contributed by atoms with Gasteiger partial charge >= 0.3 is 0 Å². The normalized spacial score (nSPS) is 22.4. The molecule has 19 heavy (non-hydrogen) atoms. The fourth-order valence-corrected chi connectivity index (χ4v) is 2.29. The molecule has 0 radical (unpaired) electrons. The van der Waals surface area contributed by atoms with Crippen LogP contribution in [0.3, 0.4) is 0 Å². The molecule has 1 aliphatic rings. The van der Waals surface area contributed by atoms with E-state index in [1.54, 1.807) is 0 Å². The van der Waals surface area contributed by atoms with Gasteiger partial charge in [-0.05, 0) is 25.7 Å². The van der Waals surface area contributed by atoms with Crippen LogP contribution in [0.5, 0.6) is 0 Å². The minimum Gasteiger partial charge on any atom is -0.369 e. The van der Waals surface area contributed by atoms with Crippen molar-refractivity contribution in [1.29, 1.82) is 0 Å². The highest BCUT2D eigenvalue weighted by Crippen LogP contribution is 2.29. The Morgan fingerprint density at radius 3 is 2.32 bits per heavy atom. The van der Waals surface area contributed by atoms with Crippen molar-refractivity contribution >= 4 is 0 Å². The second-order valence-electron chi connectivity index (χ2n) is 5.38. The van der Waals surface area contributed by atoms with E-state index in [-0.39, 0.29) is 0 Å². The van der Waals surface area contributed by atoms with Crippen molar-refractivity contribution in [2.45, 2.75) is 76.9 Å². The summed E-state index contributed by atoms with van der Waals surface area (Å²) in [6, 6.07) is 0. The highest BCUT2D eigenvalue weighted by Gasteiger charge is 2.35. The number of epoxide rings is 1. The molecule has 2 unspecified atom stereocenters. The molecule has 0 bridgehead atoms. The summed E-state index contributed by atoms with van der Waals surface area (Å²) in [5.74, 6) is 0. The monoisotopic (exact) mass is 262 g/mol. The Balaban J connectivity index is 1.86. The molecule has 0 N–H and O–H groups in total. The number of rotatable bonds is 12. The predicted molar refractivity (Wildman–Crippen MR) is 84.4 cm³/mol. The third kappa shape index (κ3) is 8.83. The topological polar surface area (TPSA) is 12.5 Å². The highest BCUT2D eigenvalue weighted by atomic mass is 16.6. The number of unbranched alkanes of at least 4 members (excludes halogenated alkanes) is 6. The van der Waals surface area contributed by atoms with Gasteiger partial charge in [-0.3, -0.25) is 0 Å². The molecular formula is C18H30O. The zero-order chi connectivity index (χ0) is 13.8. The summed E-state index contributed by atoms with van der Waals surface area (Å²) >= 11 is 0. The molecule has 0 aromatic rings. The van der Waals surface area contributed by atoms with Gasteiger partial charge in [-0.1, -0.05) is 76.0 Å². The average molecular weight is 262 g/mol. The second kappa shape index (κ2) is 11.0. The summed E-state index contributed by atoms with van der Waals surface area (Å²) in [6.07, 6.45) is 23.1. The van der Waals surface area contributed by atoms with Gasteiger partial charge in [0.1, 0.15) is 0 Å². The first-order chi connectivity index (χ1) is 9.38. The zero-order valence-electron chi connectivity index (χ0n) is 12.5. The molecule has 0 spiro atoms. The average Bonchev–Trinajstić information content (AvgIpc) is 3.16. The van der Waals surface area contributed by atoms with Gasteiger partial charge in [-0.2, -0.15) is 0 Å². The van der Waals surface area contributed by atoms with Crippen LogP contribution in [0.1, 0.15) is 64.7 Å².